The smallest absolute Gasteiger partial charge is 0.157 e. The number of aliphatic imine (C=N–C) groups is 1. The molecule has 3 unspecified atom stereocenters. The Hall–Kier alpha value is -0.220. The Morgan fingerprint density at radius 3 is 2.87 bits per heavy atom. The number of nitrogens with one attached hydrogen (secondary N) is 1. The van der Waals surface area contributed by atoms with E-state index in [1.807, 2.05) is 11.8 Å². The van der Waals surface area contributed by atoms with Crippen molar-refractivity contribution >= 4 is 16.9 Å². The van der Waals surface area contributed by atoms with E-state index in [1.54, 1.807) is 0 Å². The Balaban J connectivity index is 1.81. The molecule has 0 aromatic rings. The summed E-state index contributed by atoms with van der Waals surface area (Å²) in [7, 11) is 0. The monoisotopic (exact) mass is 228 g/mol. The molecule has 1 N–H and O–H groups in total. The molecule has 4 heteroatoms. The van der Waals surface area contributed by atoms with Crippen molar-refractivity contribution in [3.05, 3.63) is 0 Å². The van der Waals surface area contributed by atoms with Crippen LogP contribution in [0.25, 0.3) is 0 Å². The largest absolute Gasteiger partial charge is 0.376 e. The summed E-state index contributed by atoms with van der Waals surface area (Å²) in [5.74, 6) is 0.704. The highest BCUT2D eigenvalue weighted by molar-refractivity contribution is 8.14. The number of hydrogen-bond acceptors (Lipinski definition) is 4. The second-order valence-electron chi connectivity index (χ2n) is 4.66. The molecule has 0 aliphatic carbocycles. The molecule has 2 rings (SSSR count). The molecule has 3 atom stereocenters. The normalized spacial score (nSPS) is 36.0. The van der Waals surface area contributed by atoms with Crippen LogP contribution in [0, 0.1) is 5.92 Å². The third-order valence-corrected chi connectivity index (χ3v) is 4.57. The Bertz CT molecular complexity index is 255. The fourth-order valence-corrected chi connectivity index (χ4v) is 2.97. The maximum Gasteiger partial charge on any atom is 0.157 e. The lowest BCUT2D eigenvalue weighted by molar-refractivity contribution is 0.116. The molecule has 3 nitrogen and oxygen atoms in total. The fraction of sp³-hybridized carbons (Fsp3) is 0.909. The van der Waals surface area contributed by atoms with E-state index in [-0.39, 0.29) is 0 Å². The first-order chi connectivity index (χ1) is 7.16. The van der Waals surface area contributed by atoms with Gasteiger partial charge >= 0.3 is 0 Å². The van der Waals surface area contributed by atoms with Crippen molar-refractivity contribution in [1.82, 2.24) is 5.32 Å². The zero-order valence-corrected chi connectivity index (χ0v) is 10.5. The molecule has 2 heterocycles. The van der Waals surface area contributed by atoms with E-state index in [4.69, 9.17) is 4.74 Å². The van der Waals surface area contributed by atoms with Crippen LogP contribution in [0.1, 0.15) is 27.2 Å². The Labute approximate surface area is 96.1 Å². The summed E-state index contributed by atoms with van der Waals surface area (Å²) in [5, 5.41) is 5.28. The maximum absolute atomic E-state index is 5.52. The van der Waals surface area contributed by atoms with Crippen LogP contribution in [0.5, 0.6) is 0 Å². The van der Waals surface area contributed by atoms with Crippen LogP contribution in [-0.2, 0) is 4.74 Å². The van der Waals surface area contributed by atoms with Crippen molar-refractivity contribution < 1.29 is 4.74 Å². The van der Waals surface area contributed by atoms with E-state index in [9.17, 15) is 0 Å². The van der Waals surface area contributed by atoms with E-state index in [0.29, 0.717) is 23.3 Å². The van der Waals surface area contributed by atoms with Crippen molar-refractivity contribution in [3.8, 4) is 0 Å². The van der Waals surface area contributed by atoms with Gasteiger partial charge in [0.1, 0.15) is 0 Å². The molecule has 1 saturated heterocycles. The van der Waals surface area contributed by atoms with E-state index >= 15 is 0 Å². The van der Waals surface area contributed by atoms with E-state index in [0.717, 1.165) is 24.7 Å². The minimum Gasteiger partial charge on any atom is -0.376 e. The zero-order chi connectivity index (χ0) is 10.8. The summed E-state index contributed by atoms with van der Waals surface area (Å²) >= 11 is 1.89. The molecule has 86 valence electrons. The first-order valence-corrected chi connectivity index (χ1v) is 6.64. The lowest BCUT2D eigenvalue weighted by Gasteiger charge is -2.18. The van der Waals surface area contributed by atoms with Gasteiger partial charge in [-0.2, -0.15) is 0 Å². The molecular weight excluding hydrogens is 208 g/mol. The maximum atomic E-state index is 5.52. The quantitative estimate of drug-likeness (QED) is 0.783. The van der Waals surface area contributed by atoms with Crippen molar-refractivity contribution in [3.63, 3.8) is 0 Å². The molecule has 0 aromatic heterocycles. The molecule has 2 aliphatic rings. The van der Waals surface area contributed by atoms with Gasteiger partial charge < -0.3 is 10.1 Å². The fourth-order valence-electron chi connectivity index (χ4n) is 1.90. The summed E-state index contributed by atoms with van der Waals surface area (Å²) in [5.41, 5.74) is 0. The number of rotatable bonds is 2. The first kappa shape index (κ1) is 11.3. The minimum atomic E-state index is 0.325. The summed E-state index contributed by atoms with van der Waals surface area (Å²) in [4.78, 5) is 4.55. The molecular formula is C11H20N2OS. The highest BCUT2D eigenvalue weighted by atomic mass is 32.2. The van der Waals surface area contributed by atoms with Gasteiger partial charge in [-0.3, -0.25) is 4.99 Å². The van der Waals surface area contributed by atoms with Crippen molar-refractivity contribution in [2.24, 2.45) is 10.9 Å². The lowest BCUT2D eigenvalue weighted by Crippen LogP contribution is -2.37. The number of ether oxygens (including phenoxy) is 1. The highest BCUT2D eigenvalue weighted by Crippen LogP contribution is 2.27. The second kappa shape index (κ2) is 4.74. The summed E-state index contributed by atoms with van der Waals surface area (Å²) < 4.78 is 5.52. The molecule has 0 spiro atoms. The van der Waals surface area contributed by atoms with Gasteiger partial charge in [0.25, 0.3) is 0 Å². The summed E-state index contributed by atoms with van der Waals surface area (Å²) in [6, 6.07) is 0.460. The van der Waals surface area contributed by atoms with Gasteiger partial charge in [0, 0.05) is 11.9 Å². The van der Waals surface area contributed by atoms with Crippen molar-refractivity contribution in [1.29, 1.82) is 0 Å². The topological polar surface area (TPSA) is 33.6 Å². The Kier molecular flexibility index (Phi) is 3.57. The molecule has 0 aromatic carbocycles. The van der Waals surface area contributed by atoms with Gasteiger partial charge in [0.15, 0.2) is 5.17 Å². The summed E-state index contributed by atoms with van der Waals surface area (Å²) in [6.07, 6.45) is 1.43. The van der Waals surface area contributed by atoms with Crippen molar-refractivity contribution in [2.75, 3.05) is 13.2 Å². The molecule has 0 radical (unpaired) electrons. The molecule has 0 saturated carbocycles. The predicted molar refractivity (Wildman–Crippen MR) is 65.5 cm³/mol. The average Bonchev–Trinajstić information content (AvgIpc) is 2.77. The Morgan fingerprint density at radius 2 is 2.33 bits per heavy atom. The molecule has 2 aliphatic heterocycles. The van der Waals surface area contributed by atoms with Crippen LogP contribution in [-0.4, -0.2) is 35.7 Å². The first-order valence-electron chi connectivity index (χ1n) is 5.76. The minimum absolute atomic E-state index is 0.325. The zero-order valence-electron chi connectivity index (χ0n) is 9.69. The number of thioether (sulfide) groups is 1. The second-order valence-corrected chi connectivity index (χ2v) is 5.89. The molecule has 0 amide bonds. The Morgan fingerprint density at radius 1 is 1.53 bits per heavy atom. The molecule has 0 bridgehead atoms. The van der Waals surface area contributed by atoms with Crippen LogP contribution in [0.3, 0.4) is 0 Å². The predicted octanol–water partition coefficient (Wildman–Crippen LogP) is 1.88. The van der Waals surface area contributed by atoms with E-state index < -0.39 is 0 Å². The number of amidine groups is 1. The van der Waals surface area contributed by atoms with Crippen molar-refractivity contribution in [2.45, 2.75) is 44.6 Å². The van der Waals surface area contributed by atoms with Gasteiger partial charge in [0.05, 0.1) is 18.7 Å². The lowest BCUT2D eigenvalue weighted by atomic mass is 10.1. The SMILES string of the molecule is CC(C)C1CN=C(NC2CCOC2C)S1. The van der Waals surface area contributed by atoms with Gasteiger partial charge in [0.2, 0.25) is 0 Å². The number of nitrogens with zero attached hydrogens (tertiary/aromatic N) is 1. The van der Waals surface area contributed by atoms with Crippen LogP contribution < -0.4 is 5.32 Å². The van der Waals surface area contributed by atoms with E-state index in [2.05, 4.69) is 31.1 Å². The van der Waals surface area contributed by atoms with Crippen LogP contribution in [0.2, 0.25) is 0 Å². The van der Waals surface area contributed by atoms with Gasteiger partial charge in [-0.25, -0.2) is 0 Å². The number of hydrogen-bond donors (Lipinski definition) is 1. The van der Waals surface area contributed by atoms with Crippen LogP contribution in [0.4, 0.5) is 0 Å². The molecule has 1 fully saturated rings. The summed E-state index contributed by atoms with van der Waals surface area (Å²) in [6.45, 7) is 8.50. The average molecular weight is 228 g/mol. The van der Waals surface area contributed by atoms with E-state index in [1.165, 1.54) is 0 Å². The van der Waals surface area contributed by atoms with Gasteiger partial charge in [-0.15, -0.1) is 0 Å². The van der Waals surface area contributed by atoms with Gasteiger partial charge in [-0.05, 0) is 19.3 Å². The van der Waals surface area contributed by atoms with Crippen LogP contribution in [0.15, 0.2) is 4.99 Å². The van der Waals surface area contributed by atoms with Crippen LogP contribution >= 0.6 is 11.8 Å². The highest BCUT2D eigenvalue weighted by Gasteiger charge is 2.28. The third-order valence-electron chi connectivity index (χ3n) is 3.11. The third kappa shape index (κ3) is 2.67. The standard InChI is InChI=1S/C11H20N2OS/c1-7(2)10-6-12-11(15-10)13-9-4-5-14-8(9)3/h7-10H,4-6H2,1-3H3,(H,12,13). The van der Waals surface area contributed by atoms with Gasteiger partial charge in [-0.1, -0.05) is 25.6 Å². The molecule has 15 heavy (non-hydrogen) atoms.